The van der Waals surface area contributed by atoms with Gasteiger partial charge in [0.25, 0.3) is 0 Å². The predicted molar refractivity (Wildman–Crippen MR) is 119 cm³/mol. The van der Waals surface area contributed by atoms with Gasteiger partial charge in [0, 0.05) is 29.2 Å². The van der Waals surface area contributed by atoms with Crippen molar-refractivity contribution in [2.24, 2.45) is 0 Å². The maximum Gasteiger partial charge on any atom is 0.122 e. The number of aromatic nitrogens is 1. The van der Waals surface area contributed by atoms with Gasteiger partial charge in [0.2, 0.25) is 0 Å². The Kier molecular flexibility index (Phi) is 7.93. The molecule has 1 aromatic heterocycles. The highest BCUT2D eigenvalue weighted by molar-refractivity contribution is 5.85. The van der Waals surface area contributed by atoms with Crippen LogP contribution in [0.25, 0.3) is 10.9 Å². The quantitative estimate of drug-likeness (QED) is 0.519. The number of β-amino-alcohol motifs (C(OH)–C–C–N with tert-alkyl or cyclic N) is 1. The Balaban J connectivity index is 0.00000280. The summed E-state index contributed by atoms with van der Waals surface area (Å²) in [4.78, 5) is 3.27. The van der Waals surface area contributed by atoms with E-state index >= 15 is 0 Å². The van der Waals surface area contributed by atoms with Crippen molar-refractivity contribution in [3.63, 3.8) is 0 Å². The fourth-order valence-electron chi connectivity index (χ4n) is 3.16. The van der Waals surface area contributed by atoms with Gasteiger partial charge in [0.1, 0.15) is 18.5 Å². The Morgan fingerprint density at radius 1 is 1.00 bits per heavy atom. The van der Waals surface area contributed by atoms with Gasteiger partial charge in [0.15, 0.2) is 0 Å². The summed E-state index contributed by atoms with van der Waals surface area (Å²) in [6, 6.07) is 16.6. The van der Waals surface area contributed by atoms with Gasteiger partial charge in [0.05, 0.1) is 0 Å². The number of benzene rings is 2. The van der Waals surface area contributed by atoms with Crippen LogP contribution in [0.5, 0.6) is 5.75 Å². The lowest BCUT2D eigenvalue weighted by Gasteiger charge is -2.23. The lowest BCUT2D eigenvalue weighted by molar-refractivity contribution is 0.0996. The van der Waals surface area contributed by atoms with Gasteiger partial charge in [-0.3, -0.25) is 0 Å². The van der Waals surface area contributed by atoms with Crippen molar-refractivity contribution in [3.8, 4) is 5.75 Å². The molecule has 0 bridgehead atoms. The van der Waals surface area contributed by atoms with Crippen LogP contribution in [0.4, 0.5) is 0 Å². The number of para-hydroxylation sites is 1. The van der Waals surface area contributed by atoms with Crippen LogP contribution >= 0.6 is 12.4 Å². The van der Waals surface area contributed by atoms with Gasteiger partial charge >= 0.3 is 0 Å². The Bertz CT molecular complexity index is 870. The van der Waals surface area contributed by atoms with E-state index in [2.05, 4.69) is 61.4 Å². The molecule has 0 saturated heterocycles. The van der Waals surface area contributed by atoms with E-state index in [1.54, 1.807) is 0 Å². The zero-order valence-electron chi connectivity index (χ0n) is 16.9. The van der Waals surface area contributed by atoms with Crippen molar-refractivity contribution in [3.05, 3.63) is 65.9 Å². The molecule has 0 aliphatic carbocycles. The molecule has 0 radical (unpaired) electrons. The van der Waals surface area contributed by atoms with Crippen LogP contribution in [0.15, 0.2) is 54.7 Å². The monoisotopic (exact) mass is 402 g/mol. The fraction of sp³-hybridized carbons (Fsp3) is 0.391. The lowest BCUT2D eigenvalue weighted by atomic mass is 10.0. The molecule has 4 nitrogen and oxygen atoms in total. The third-order valence-corrected chi connectivity index (χ3v) is 4.62. The molecule has 2 aromatic carbocycles. The Hall–Kier alpha value is -2.01. The molecule has 0 aliphatic rings. The smallest absolute Gasteiger partial charge is 0.122 e. The van der Waals surface area contributed by atoms with Crippen LogP contribution in [-0.2, 0) is 12.8 Å². The number of hydrogen-bond acceptors (Lipinski definition) is 3. The molecule has 1 atom stereocenters. The number of aliphatic hydroxyl groups excluding tert-OH is 1. The summed E-state index contributed by atoms with van der Waals surface area (Å²) in [7, 11) is 0. The summed E-state index contributed by atoms with van der Waals surface area (Å²) in [6.45, 7) is 7.05. The van der Waals surface area contributed by atoms with Gasteiger partial charge in [-0.2, -0.15) is 0 Å². The molecule has 5 heteroatoms. The molecule has 152 valence electrons. The molecule has 0 saturated carbocycles. The van der Waals surface area contributed by atoms with Crippen molar-refractivity contribution in [2.45, 2.75) is 45.3 Å². The summed E-state index contributed by atoms with van der Waals surface area (Å²) in [5.41, 5.74) is 3.66. The van der Waals surface area contributed by atoms with Crippen LogP contribution in [0.3, 0.4) is 0 Å². The summed E-state index contributed by atoms with van der Waals surface area (Å²) in [6.07, 6.45) is 3.30. The number of ether oxygens (including phenoxy) is 1. The Morgan fingerprint density at radius 3 is 2.50 bits per heavy atom. The highest BCUT2D eigenvalue weighted by Gasteiger charge is 2.13. The molecule has 28 heavy (non-hydrogen) atoms. The second-order valence-electron chi connectivity index (χ2n) is 8.06. The number of hydrogen-bond donors (Lipinski definition) is 3. The lowest BCUT2D eigenvalue weighted by Crippen LogP contribution is -2.42. The van der Waals surface area contributed by atoms with Crippen molar-refractivity contribution in [1.29, 1.82) is 0 Å². The van der Waals surface area contributed by atoms with E-state index < -0.39 is 6.10 Å². The largest absolute Gasteiger partial charge is 0.491 e. The number of nitrogens with one attached hydrogen (secondary N) is 2. The second kappa shape index (κ2) is 9.97. The summed E-state index contributed by atoms with van der Waals surface area (Å²) in [5, 5.41) is 14.8. The predicted octanol–water partition coefficient (Wildman–Crippen LogP) is 4.50. The van der Waals surface area contributed by atoms with Crippen molar-refractivity contribution < 1.29 is 9.84 Å². The molecule has 0 aliphatic heterocycles. The minimum Gasteiger partial charge on any atom is -0.491 e. The third kappa shape index (κ3) is 6.26. The fourth-order valence-corrected chi connectivity index (χ4v) is 3.16. The maximum absolute atomic E-state index is 10.2. The molecule has 1 unspecified atom stereocenters. The van der Waals surface area contributed by atoms with E-state index in [0.29, 0.717) is 6.54 Å². The number of fused-ring (bicyclic) bond motifs is 1. The SMILES string of the molecule is CC(C)(C)NCC(O)COc1ccccc1CCc1cccc2[nH]ccc12.Cl. The van der Waals surface area contributed by atoms with E-state index in [1.165, 1.54) is 22.0 Å². The minimum atomic E-state index is -0.536. The Morgan fingerprint density at radius 2 is 1.71 bits per heavy atom. The van der Waals surface area contributed by atoms with E-state index in [1.807, 2.05) is 24.4 Å². The van der Waals surface area contributed by atoms with Crippen LogP contribution < -0.4 is 10.1 Å². The van der Waals surface area contributed by atoms with Crippen LogP contribution in [0, 0.1) is 0 Å². The van der Waals surface area contributed by atoms with Gasteiger partial charge in [-0.25, -0.2) is 0 Å². The molecular weight excluding hydrogens is 372 g/mol. The van der Waals surface area contributed by atoms with Crippen LogP contribution in [-0.4, -0.2) is 34.9 Å². The highest BCUT2D eigenvalue weighted by atomic mass is 35.5. The highest BCUT2D eigenvalue weighted by Crippen LogP contribution is 2.23. The van der Waals surface area contributed by atoms with Gasteiger partial charge in [-0.05, 0) is 62.9 Å². The first kappa shape index (κ1) is 22.3. The molecule has 3 aromatic rings. The molecule has 3 rings (SSSR count). The summed E-state index contributed by atoms with van der Waals surface area (Å²) in [5.74, 6) is 0.855. The van der Waals surface area contributed by atoms with Crippen molar-refractivity contribution >= 4 is 23.3 Å². The molecular formula is C23H31ClN2O2. The average Bonchev–Trinajstić information content (AvgIpc) is 3.12. The number of aliphatic hydroxyl groups is 1. The maximum atomic E-state index is 10.2. The number of rotatable bonds is 8. The van der Waals surface area contributed by atoms with Crippen molar-refractivity contribution in [1.82, 2.24) is 10.3 Å². The zero-order chi connectivity index (χ0) is 19.3. The molecule has 0 spiro atoms. The zero-order valence-corrected chi connectivity index (χ0v) is 17.7. The Labute approximate surface area is 173 Å². The topological polar surface area (TPSA) is 57.3 Å². The first-order chi connectivity index (χ1) is 12.9. The summed E-state index contributed by atoms with van der Waals surface area (Å²) < 4.78 is 5.93. The molecule has 3 N–H and O–H groups in total. The van der Waals surface area contributed by atoms with Gasteiger partial charge in [-0.15, -0.1) is 12.4 Å². The van der Waals surface area contributed by atoms with Gasteiger partial charge < -0.3 is 20.1 Å². The third-order valence-electron chi connectivity index (χ3n) is 4.62. The normalized spacial score (nSPS) is 12.6. The van der Waals surface area contributed by atoms with E-state index in [9.17, 15) is 5.11 Å². The standard InChI is InChI=1S/C23H30N2O2.ClH/c1-23(2,3)25-15-19(26)16-27-22-10-5-4-7-18(22)12-11-17-8-6-9-21-20(17)13-14-24-21;/h4-10,13-14,19,24-26H,11-12,15-16H2,1-3H3;1H. The minimum absolute atomic E-state index is 0. The second-order valence-corrected chi connectivity index (χ2v) is 8.06. The average molecular weight is 403 g/mol. The van der Waals surface area contributed by atoms with Crippen molar-refractivity contribution in [2.75, 3.05) is 13.2 Å². The number of H-pyrrole nitrogens is 1. The van der Waals surface area contributed by atoms with E-state index in [0.717, 1.165) is 18.6 Å². The van der Waals surface area contributed by atoms with Crippen LogP contribution in [0.2, 0.25) is 0 Å². The number of aryl methyl sites for hydroxylation is 2. The first-order valence-corrected chi connectivity index (χ1v) is 9.61. The molecule has 1 heterocycles. The van der Waals surface area contributed by atoms with Gasteiger partial charge in [-0.1, -0.05) is 30.3 Å². The number of halogens is 1. The summed E-state index contributed by atoms with van der Waals surface area (Å²) >= 11 is 0. The first-order valence-electron chi connectivity index (χ1n) is 9.61. The van der Waals surface area contributed by atoms with E-state index in [-0.39, 0.29) is 24.6 Å². The molecule has 0 fully saturated rings. The van der Waals surface area contributed by atoms with Crippen LogP contribution in [0.1, 0.15) is 31.9 Å². The molecule has 0 amide bonds. The van der Waals surface area contributed by atoms with E-state index in [4.69, 9.17) is 4.74 Å². The number of aromatic amines is 1.